The van der Waals surface area contributed by atoms with Crippen LogP contribution in [-0.2, 0) is 9.53 Å². The Morgan fingerprint density at radius 3 is 2.26 bits per heavy atom. The van der Waals surface area contributed by atoms with E-state index >= 15 is 0 Å². The molecule has 0 heterocycles. The molecule has 0 spiro atoms. The van der Waals surface area contributed by atoms with Crippen molar-refractivity contribution >= 4 is 17.8 Å². The van der Waals surface area contributed by atoms with E-state index in [1.165, 1.54) is 31.4 Å². The maximum atomic E-state index is 12.3. The summed E-state index contributed by atoms with van der Waals surface area (Å²) in [6, 6.07) is 13.1. The van der Waals surface area contributed by atoms with E-state index in [9.17, 15) is 19.5 Å². The number of esters is 1. The monoisotopic (exact) mass is 313 g/mol. The first-order chi connectivity index (χ1) is 11.0. The van der Waals surface area contributed by atoms with Gasteiger partial charge in [-0.3, -0.25) is 4.79 Å². The van der Waals surface area contributed by atoms with Gasteiger partial charge in [0.15, 0.2) is 6.04 Å². The Labute approximate surface area is 132 Å². The first-order valence-electron chi connectivity index (χ1n) is 6.80. The number of amides is 1. The fourth-order valence-corrected chi connectivity index (χ4v) is 2.05. The average Bonchev–Trinajstić information content (AvgIpc) is 2.59. The number of carboxylic acids is 1. The van der Waals surface area contributed by atoms with Gasteiger partial charge >= 0.3 is 11.9 Å². The maximum absolute atomic E-state index is 12.3. The van der Waals surface area contributed by atoms with Crippen molar-refractivity contribution in [1.29, 1.82) is 0 Å². The Balaban J connectivity index is 2.23. The van der Waals surface area contributed by atoms with Gasteiger partial charge in [0.2, 0.25) is 0 Å². The van der Waals surface area contributed by atoms with Crippen molar-refractivity contribution < 1.29 is 24.2 Å². The van der Waals surface area contributed by atoms with Crippen LogP contribution in [0.25, 0.3) is 0 Å². The Morgan fingerprint density at radius 1 is 1.00 bits per heavy atom. The van der Waals surface area contributed by atoms with Crippen molar-refractivity contribution in [2.45, 2.75) is 6.04 Å². The quantitative estimate of drug-likeness (QED) is 0.824. The van der Waals surface area contributed by atoms with Gasteiger partial charge in [0.1, 0.15) is 0 Å². The zero-order chi connectivity index (χ0) is 16.8. The third-order valence-electron chi connectivity index (χ3n) is 3.20. The molecule has 2 aromatic carbocycles. The van der Waals surface area contributed by atoms with Gasteiger partial charge in [-0.1, -0.05) is 36.4 Å². The van der Waals surface area contributed by atoms with Crippen molar-refractivity contribution in [1.82, 2.24) is 5.32 Å². The van der Waals surface area contributed by atoms with Crippen molar-refractivity contribution in [3.8, 4) is 0 Å². The predicted molar refractivity (Wildman–Crippen MR) is 82.1 cm³/mol. The lowest BCUT2D eigenvalue weighted by Crippen LogP contribution is -2.33. The van der Waals surface area contributed by atoms with Crippen molar-refractivity contribution in [2.75, 3.05) is 7.11 Å². The zero-order valence-corrected chi connectivity index (χ0v) is 12.4. The van der Waals surface area contributed by atoms with Gasteiger partial charge in [-0.25, -0.2) is 9.59 Å². The minimum absolute atomic E-state index is 0.176. The fraction of sp³-hybridized carbons (Fsp3) is 0.118. The topological polar surface area (TPSA) is 92.7 Å². The molecule has 0 aliphatic heterocycles. The van der Waals surface area contributed by atoms with Gasteiger partial charge in [0.25, 0.3) is 5.91 Å². The number of hydrogen-bond acceptors (Lipinski definition) is 4. The second-order valence-electron chi connectivity index (χ2n) is 4.73. The number of ether oxygens (including phenoxy) is 1. The number of nitrogens with one attached hydrogen (secondary N) is 1. The zero-order valence-electron chi connectivity index (χ0n) is 12.4. The van der Waals surface area contributed by atoms with Crippen LogP contribution in [0.2, 0.25) is 0 Å². The first kappa shape index (κ1) is 16.2. The predicted octanol–water partition coefficient (Wildman–Crippen LogP) is 2.03. The molecule has 0 saturated heterocycles. The first-order valence-corrected chi connectivity index (χ1v) is 6.80. The lowest BCUT2D eigenvalue weighted by Gasteiger charge is -2.15. The van der Waals surface area contributed by atoms with E-state index < -0.39 is 23.9 Å². The van der Waals surface area contributed by atoms with Crippen molar-refractivity contribution in [3.63, 3.8) is 0 Å². The van der Waals surface area contributed by atoms with Crippen LogP contribution in [0.1, 0.15) is 32.3 Å². The molecule has 2 aromatic rings. The lowest BCUT2D eigenvalue weighted by atomic mass is 10.1. The summed E-state index contributed by atoms with van der Waals surface area (Å²) < 4.78 is 4.59. The van der Waals surface area contributed by atoms with E-state index in [-0.39, 0.29) is 11.1 Å². The molecular weight excluding hydrogens is 298 g/mol. The van der Waals surface area contributed by atoms with E-state index in [1.807, 2.05) is 0 Å². The highest BCUT2D eigenvalue weighted by molar-refractivity contribution is 5.99. The highest BCUT2D eigenvalue weighted by Crippen LogP contribution is 2.14. The number of carboxylic acid groups (broad SMARTS) is 1. The van der Waals surface area contributed by atoms with Gasteiger partial charge in [0.05, 0.1) is 12.7 Å². The average molecular weight is 313 g/mol. The van der Waals surface area contributed by atoms with Crippen molar-refractivity contribution in [3.05, 3.63) is 71.3 Å². The minimum Gasteiger partial charge on any atom is -0.479 e. The second-order valence-corrected chi connectivity index (χ2v) is 4.73. The van der Waals surface area contributed by atoms with Crippen LogP contribution in [0.3, 0.4) is 0 Å². The molecule has 23 heavy (non-hydrogen) atoms. The highest BCUT2D eigenvalue weighted by Gasteiger charge is 2.22. The molecular formula is C17H15NO5. The van der Waals surface area contributed by atoms with Crippen LogP contribution >= 0.6 is 0 Å². The number of rotatable bonds is 5. The summed E-state index contributed by atoms with van der Waals surface area (Å²) in [4.78, 5) is 35.2. The largest absolute Gasteiger partial charge is 0.479 e. The number of carbonyl (C=O) groups is 3. The lowest BCUT2D eigenvalue weighted by molar-refractivity contribution is -0.139. The Bertz CT molecular complexity index is 727. The molecule has 0 aromatic heterocycles. The van der Waals surface area contributed by atoms with E-state index in [0.717, 1.165) is 0 Å². The van der Waals surface area contributed by atoms with Crippen molar-refractivity contribution in [2.24, 2.45) is 0 Å². The van der Waals surface area contributed by atoms with E-state index in [4.69, 9.17) is 0 Å². The summed E-state index contributed by atoms with van der Waals surface area (Å²) in [5, 5.41) is 11.8. The normalized spacial score (nSPS) is 11.3. The number of hydrogen-bond donors (Lipinski definition) is 2. The summed E-state index contributed by atoms with van der Waals surface area (Å²) in [7, 11) is 1.24. The number of benzene rings is 2. The Kier molecular flexibility index (Phi) is 5.09. The van der Waals surface area contributed by atoms with Crippen LogP contribution in [0, 0.1) is 0 Å². The van der Waals surface area contributed by atoms with Gasteiger partial charge in [-0.15, -0.1) is 0 Å². The smallest absolute Gasteiger partial charge is 0.337 e. The molecule has 0 aliphatic carbocycles. The second kappa shape index (κ2) is 7.22. The molecule has 1 atom stereocenters. The number of aliphatic carboxylic acids is 1. The van der Waals surface area contributed by atoms with E-state index in [2.05, 4.69) is 10.1 Å². The van der Waals surface area contributed by atoms with Gasteiger partial charge in [-0.05, 0) is 23.8 Å². The number of carbonyl (C=O) groups excluding carboxylic acids is 2. The molecule has 0 fully saturated rings. The molecule has 0 bridgehead atoms. The summed E-state index contributed by atoms with van der Waals surface area (Å²) in [5.74, 6) is -2.34. The molecule has 0 unspecified atom stereocenters. The molecule has 2 rings (SSSR count). The van der Waals surface area contributed by atoms with Crippen LogP contribution in [0.15, 0.2) is 54.6 Å². The van der Waals surface area contributed by atoms with E-state index in [0.29, 0.717) is 5.56 Å². The van der Waals surface area contributed by atoms with Crippen LogP contribution in [-0.4, -0.2) is 30.1 Å². The molecule has 6 nitrogen and oxygen atoms in total. The molecule has 118 valence electrons. The van der Waals surface area contributed by atoms with Gasteiger partial charge in [0, 0.05) is 5.56 Å². The van der Waals surface area contributed by atoms with Crippen LogP contribution < -0.4 is 5.32 Å². The molecule has 6 heteroatoms. The van der Waals surface area contributed by atoms with Crippen LogP contribution in [0.5, 0.6) is 0 Å². The molecule has 0 radical (unpaired) electrons. The third-order valence-corrected chi connectivity index (χ3v) is 3.20. The van der Waals surface area contributed by atoms with Gasteiger partial charge in [-0.2, -0.15) is 0 Å². The number of methoxy groups -OCH3 is 1. The fourth-order valence-electron chi connectivity index (χ4n) is 2.05. The Hall–Kier alpha value is -3.15. The molecule has 2 N–H and O–H groups in total. The SMILES string of the molecule is COC(=O)c1cccc(C(=O)N[C@H](C(=O)O)c2ccccc2)c1. The van der Waals surface area contributed by atoms with Crippen LogP contribution in [0.4, 0.5) is 0 Å². The van der Waals surface area contributed by atoms with E-state index in [1.54, 1.807) is 30.3 Å². The molecule has 0 aliphatic rings. The van der Waals surface area contributed by atoms with Gasteiger partial charge < -0.3 is 15.2 Å². The summed E-state index contributed by atoms with van der Waals surface area (Å²) in [6.45, 7) is 0. The summed E-state index contributed by atoms with van der Waals surface area (Å²) in [5.41, 5.74) is 0.847. The maximum Gasteiger partial charge on any atom is 0.337 e. The highest BCUT2D eigenvalue weighted by atomic mass is 16.5. The standard InChI is InChI=1S/C17H15NO5/c1-23-17(22)13-9-5-8-12(10-13)15(19)18-14(16(20)21)11-6-3-2-4-7-11/h2-10,14H,1H3,(H,18,19)(H,20,21)/t14-/m0/s1. The third kappa shape index (κ3) is 3.94. The summed E-state index contributed by atoms with van der Waals surface area (Å²) >= 11 is 0. The molecule has 0 saturated carbocycles. The molecule has 1 amide bonds. The minimum atomic E-state index is -1.18. The summed E-state index contributed by atoms with van der Waals surface area (Å²) in [6.07, 6.45) is 0. The Morgan fingerprint density at radius 2 is 1.65 bits per heavy atom.